The number of para-hydroxylation sites is 2. The molecule has 2 N–H and O–H groups in total. The Balaban J connectivity index is 2.20. The van der Waals surface area contributed by atoms with Gasteiger partial charge in [0.2, 0.25) is 5.91 Å². The third-order valence-electron chi connectivity index (χ3n) is 3.45. The van der Waals surface area contributed by atoms with Crippen LogP contribution in [-0.4, -0.2) is 15.5 Å². The Morgan fingerprint density at radius 2 is 1.88 bits per heavy atom. The van der Waals surface area contributed by atoms with E-state index in [1.165, 1.54) is 11.5 Å². The molecule has 0 spiro atoms. The van der Waals surface area contributed by atoms with Crippen LogP contribution in [0.5, 0.6) is 0 Å². The van der Waals surface area contributed by atoms with Crippen molar-refractivity contribution in [3.8, 4) is 5.69 Å². The van der Waals surface area contributed by atoms with E-state index in [4.69, 9.17) is 11.6 Å². The number of rotatable bonds is 4. The number of nitrogens with zero attached hydrogens (tertiary/aromatic N) is 2. The van der Waals surface area contributed by atoms with E-state index in [0.29, 0.717) is 27.4 Å². The summed E-state index contributed by atoms with van der Waals surface area (Å²) in [5.74, 6) is 0.211. The van der Waals surface area contributed by atoms with Gasteiger partial charge in [-0.15, -0.1) is 0 Å². The lowest BCUT2D eigenvalue weighted by Crippen LogP contribution is -2.37. The Hall–Kier alpha value is -2.70. The second-order valence-corrected chi connectivity index (χ2v) is 5.58. The molecule has 0 aliphatic carbocycles. The molecule has 2 aromatic carbocycles. The Kier molecular flexibility index (Phi) is 4.59. The average molecular weight is 343 g/mol. The lowest BCUT2D eigenvalue weighted by atomic mass is 10.2. The molecule has 122 valence electrons. The fourth-order valence-electron chi connectivity index (χ4n) is 2.43. The van der Waals surface area contributed by atoms with E-state index < -0.39 is 0 Å². The van der Waals surface area contributed by atoms with Crippen LogP contribution in [0.3, 0.4) is 0 Å². The summed E-state index contributed by atoms with van der Waals surface area (Å²) >= 11 is 6.26. The number of fused-ring (bicyclic) bond motifs is 1. The number of benzene rings is 2. The van der Waals surface area contributed by atoms with Crippen LogP contribution in [0.15, 0.2) is 53.3 Å². The molecule has 1 amide bonds. The maximum Gasteiger partial charge on any atom is 0.266 e. The standard InChI is InChI=1S/C17H15ClN4O2/c1-11(23)21-19-10-16-20-14-8-4-2-6-12(14)17(24)22(16)15-9-5-3-7-13(15)18/h2-9,19H,10H2,1H3,(H,21,23). The van der Waals surface area contributed by atoms with Crippen LogP contribution in [0.25, 0.3) is 16.6 Å². The molecule has 0 saturated carbocycles. The summed E-state index contributed by atoms with van der Waals surface area (Å²) in [5.41, 5.74) is 6.15. The molecule has 0 atom stereocenters. The number of nitrogens with one attached hydrogen (secondary N) is 2. The number of amides is 1. The minimum absolute atomic E-state index is 0.172. The normalized spacial score (nSPS) is 10.8. The maximum atomic E-state index is 12.9. The summed E-state index contributed by atoms with van der Waals surface area (Å²) in [4.78, 5) is 28.5. The van der Waals surface area contributed by atoms with Gasteiger partial charge in [0.15, 0.2) is 0 Å². The molecule has 0 fully saturated rings. The number of halogens is 1. The number of carbonyl (C=O) groups excluding carboxylic acids is 1. The van der Waals surface area contributed by atoms with Gasteiger partial charge in [-0.05, 0) is 24.3 Å². The van der Waals surface area contributed by atoms with Crippen LogP contribution in [0.2, 0.25) is 5.02 Å². The number of hydrazine groups is 1. The van der Waals surface area contributed by atoms with Gasteiger partial charge in [-0.3, -0.25) is 19.6 Å². The van der Waals surface area contributed by atoms with Crippen molar-refractivity contribution < 1.29 is 4.79 Å². The first-order valence-electron chi connectivity index (χ1n) is 7.33. The van der Waals surface area contributed by atoms with Gasteiger partial charge >= 0.3 is 0 Å². The molecule has 1 heterocycles. The maximum absolute atomic E-state index is 12.9. The van der Waals surface area contributed by atoms with Gasteiger partial charge in [-0.25, -0.2) is 10.4 Å². The van der Waals surface area contributed by atoms with Crippen molar-refractivity contribution in [2.45, 2.75) is 13.5 Å². The third-order valence-corrected chi connectivity index (χ3v) is 3.77. The highest BCUT2D eigenvalue weighted by atomic mass is 35.5. The molecule has 0 aliphatic rings. The Morgan fingerprint density at radius 1 is 1.17 bits per heavy atom. The SMILES string of the molecule is CC(=O)NNCc1nc2ccccc2c(=O)n1-c1ccccc1Cl. The van der Waals surface area contributed by atoms with E-state index in [1.807, 2.05) is 6.07 Å². The highest BCUT2D eigenvalue weighted by Crippen LogP contribution is 2.20. The van der Waals surface area contributed by atoms with E-state index in [1.54, 1.807) is 42.5 Å². The summed E-state index contributed by atoms with van der Waals surface area (Å²) in [5, 5.41) is 0.943. The van der Waals surface area contributed by atoms with Crippen LogP contribution in [-0.2, 0) is 11.3 Å². The predicted octanol–water partition coefficient (Wildman–Crippen LogP) is 2.18. The highest BCUT2D eigenvalue weighted by Gasteiger charge is 2.14. The Morgan fingerprint density at radius 3 is 2.62 bits per heavy atom. The molecule has 0 unspecified atom stereocenters. The average Bonchev–Trinajstić information content (AvgIpc) is 2.56. The van der Waals surface area contributed by atoms with Crippen molar-refractivity contribution in [2.24, 2.45) is 0 Å². The zero-order valence-electron chi connectivity index (χ0n) is 12.9. The summed E-state index contributed by atoms with van der Waals surface area (Å²) in [7, 11) is 0. The van der Waals surface area contributed by atoms with E-state index in [9.17, 15) is 9.59 Å². The Labute approximate surface area is 143 Å². The van der Waals surface area contributed by atoms with Crippen LogP contribution in [0, 0.1) is 0 Å². The van der Waals surface area contributed by atoms with Crippen molar-refractivity contribution >= 4 is 28.4 Å². The largest absolute Gasteiger partial charge is 0.291 e. The molecule has 0 radical (unpaired) electrons. The highest BCUT2D eigenvalue weighted by molar-refractivity contribution is 6.32. The smallest absolute Gasteiger partial charge is 0.266 e. The van der Waals surface area contributed by atoms with Crippen molar-refractivity contribution in [3.63, 3.8) is 0 Å². The van der Waals surface area contributed by atoms with E-state index in [-0.39, 0.29) is 18.0 Å². The van der Waals surface area contributed by atoms with Crippen molar-refractivity contribution in [1.82, 2.24) is 20.4 Å². The topological polar surface area (TPSA) is 76.0 Å². The number of aromatic nitrogens is 2. The fraction of sp³-hybridized carbons (Fsp3) is 0.118. The van der Waals surface area contributed by atoms with Gasteiger partial charge < -0.3 is 0 Å². The molecule has 1 aromatic heterocycles. The van der Waals surface area contributed by atoms with Crippen LogP contribution >= 0.6 is 11.6 Å². The first-order valence-corrected chi connectivity index (χ1v) is 7.71. The molecule has 0 bridgehead atoms. The second-order valence-electron chi connectivity index (χ2n) is 5.17. The number of hydrogen-bond acceptors (Lipinski definition) is 4. The molecule has 24 heavy (non-hydrogen) atoms. The molecule has 3 rings (SSSR count). The molecule has 0 saturated heterocycles. The van der Waals surface area contributed by atoms with E-state index in [2.05, 4.69) is 15.8 Å². The molecule has 7 heteroatoms. The van der Waals surface area contributed by atoms with Crippen molar-refractivity contribution in [2.75, 3.05) is 0 Å². The molecular weight excluding hydrogens is 328 g/mol. The molecule has 6 nitrogen and oxygen atoms in total. The van der Waals surface area contributed by atoms with Crippen molar-refractivity contribution in [3.05, 3.63) is 69.7 Å². The summed E-state index contributed by atoms with van der Waals surface area (Å²) in [6, 6.07) is 14.2. The zero-order chi connectivity index (χ0) is 17.1. The first kappa shape index (κ1) is 16.2. The van der Waals surface area contributed by atoms with Gasteiger partial charge in [0.05, 0.1) is 28.2 Å². The molecular formula is C17H15ClN4O2. The fourth-order valence-corrected chi connectivity index (χ4v) is 2.65. The van der Waals surface area contributed by atoms with E-state index in [0.717, 1.165) is 0 Å². The van der Waals surface area contributed by atoms with Gasteiger partial charge in [0, 0.05) is 6.92 Å². The summed E-state index contributed by atoms with van der Waals surface area (Å²) in [6.07, 6.45) is 0. The van der Waals surface area contributed by atoms with Gasteiger partial charge in [0.1, 0.15) is 5.82 Å². The lowest BCUT2D eigenvalue weighted by Gasteiger charge is -2.15. The lowest BCUT2D eigenvalue weighted by molar-refractivity contribution is -0.119. The minimum Gasteiger partial charge on any atom is -0.291 e. The quantitative estimate of drug-likeness (QED) is 0.713. The van der Waals surface area contributed by atoms with Gasteiger partial charge in [0.25, 0.3) is 5.56 Å². The second kappa shape index (κ2) is 6.82. The Bertz CT molecular complexity index is 968. The monoisotopic (exact) mass is 342 g/mol. The van der Waals surface area contributed by atoms with Crippen LogP contribution < -0.4 is 16.4 Å². The van der Waals surface area contributed by atoms with Crippen molar-refractivity contribution in [1.29, 1.82) is 0 Å². The molecule has 0 aliphatic heterocycles. The predicted molar refractivity (Wildman–Crippen MR) is 93.0 cm³/mol. The summed E-state index contributed by atoms with van der Waals surface area (Å²) in [6.45, 7) is 1.56. The molecule has 3 aromatic rings. The minimum atomic E-state index is -0.234. The van der Waals surface area contributed by atoms with Gasteiger partial charge in [-0.2, -0.15) is 0 Å². The van der Waals surface area contributed by atoms with Gasteiger partial charge in [-0.1, -0.05) is 35.9 Å². The number of carbonyl (C=O) groups is 1. The number of hydrogen-bond donors (Lipinski definition) is 2. The first-order chi connectivity index (χ1) is 11.6. The van der Waals surface area contributed by atoms with Crippen LogP contribution in [0.1, 0.15) is 12.7 Å². The van der Waals surface area contributed by atoms with Crippen LogP contribution in [0.4, 0.5) is 0 Å². The third kappa shape index (κ3) is 3.15. The van der Waals surface area contributed by atoms with E-state index >= 15 is 0 Å². The zero-order valence-corrected chi connectivity index (χ0v) is 13.7. The summed E-state index contributed by atoms with van der Waals surface area (Å²) < 4.78 is 1.46.